The highest BCUT2D eigenvalue weighted by atomic mass is 16.5. The van der Waals surface area contributed by atoms with Gasteiger partial charge in [-0.1, -0.05) is 30.3 Å². The van der Waals surface area contributed by atoms with Crippen molar-refractivity contribution in [2.75, 3.05) is 20.8 Å². The Morgan fingerprint density at radius 1 is 1.05 bits per heavy atom. The second-order valence-corrected chi connectivity index (χ2v) is 5.70. The molecule has 0 bridgehead atoms. The van der Waals surface area contributed by atoms with E-state index in [1.807, 2.05) is 6.07 Å². The number of methoxy groups -OCH3 is 2. The van der Waals surface area contributed by atoms with Gasteiger partial charge >= 0.3 is 0 Å². The minimum absolute atomic E-state index is 0.427. The quantitative estimate of drug-likeness (QED) is 0.925. The van der Waals surface area contributed by atoms with E-state index in [1.54, 1.807) is 14.2 Å². The summed E-state index contributed by atoms with van der Waals surface area (Å²) < 4.78 is 17.3. The Balaban J connectivity index is 1.93. The summed E-state index contributed by atoms with van der Waals surface area (Å²) >= 11 is 0. The number of hydrogen-bond acceptors (Lipinski definition) is 4. The molecule has 0 amide bonds. The summed E-state index contributed by atoms with van der Waals surface area (Å²) in [6, 6.07) is 12.5. The maximum Gasteiger partial charge on any atom is 0.166 e. The topological polar surface area (TPSA) is 39.7 Å². The molecule has 22 heavy (non-hydrogen) atoms. The Morgan fingerprint density at radius 2 is 1.91 bits per heavy atom. The van der Waals surface area contributed by atoms with E-state index in [-0.39, 0.29) is 0 Å². The number of fused-ring (bicyclic) bond motifs is 4. The smallest absolute Gasteiger partial charge is 0.166 e. The molecule has 0 aromatic heterocycles. The van der Waals surface area contributed by atoms with E-state index in [0.29, 0.717) is 6.61 Å². The van der Waals surface area contributed by atoms with Gasteiger partial charge in [0.2, 0.25) is 0 Å². The van der Waals surface area contributed by atoms with Crippen molar-refractivity contribution in [3.05, 3.63) is 58.7 Å². The second-order valence-electron chi connectivity index (χ2n) is 5.70. The van der Waals surface area contributed by atoms with Crippen LogP contribution in [0, 0.1) is 0 Å². The van der Waals surface area contributed by atoms with E-state index in [9.17, 15) is 0 Å². The number of nitrogens with one attached hydrogen (secondary N) is 1. The third kappa shape index (κ3) is 1.71. The fourth-order valence-electron chi connectivity index (χ4n) is 3.69. The second kappa shape index (κ2) is 5.00. The Hall–Kier alpha value is -2.04. The molecule has 2 aliphatic heterocycles. The summed E-state index contributed by atoms with van der Waals surface area (Å²) in [5.41, 5.74) is 4.37. The molecular formula is C18H19NO3. The molecule has 1 spiro atoms. The number of ether oxygens (including phenoxy) is 3. The zero-order chi connectivity index (χ0) is 15.2. The summed E-state index contributed by atoms with van der Waals surface area (Å²) in [7, 11) is 3.34. The molecule has 0 aliphatic carbocycles. The summed E-state index contributed by atoms with van der Waals surface area (Å²) in [6.07, 6.45) is 0. The molecule has 4 nitrogen and oxygen atoms in total. The summed E-state index contributed by atoms with van der Waals surface area (Å²) in [5, 5.41) is 3.48. The first-order valence-electron chi connectivity index (χ1n) is 7.47. The van der Waals surface area contributed by atoms with Gasteiger partial charge in [0, 0.05) is 18.7 Å². The molecule has 0 saturated carbocycles. The van der Waals surface area contributed by atoms with E-state index in [1.165, 1.54) is 16.7 Å². The lowest BCUT2D eigenvalue weighted by Gasteiger charge is -2.36. The molecule has 114 valence electrons. The predicted octanol–water partition coefficient (Wildman–Crippen LogP) is 2.58. The molecule has 2 aromatic rings. The molecule has 0 saturated heterocycles. The molecule has 0 fully saturated rings. The van der Waals surface area contributed by atoms with Crippen molar-refractivity contribution in [2.45, 2.75) is 18.8 Å². The molecule has 4 rings (SSSR count). The zero-order valence-electron chi connectivity index (χ0n) is 12.8. The number of benzene rings is 2. The van der Waals surface area contributed by atoms with Gasteiger partial charge in [-0.25, -0.2) is 0 Å². The molecule has 0 radical (unpaired) electrons. The van der Waals surface area contributed by atoms with Crippen molar-refractivity contribution in [3.8, 4) is 11.5 Å². The van der Waals surface area contributed by atoms with Crippen molar-refractivity contribution in [1.82, 2.24) is 5.32 Å². The van der Waals surface area contributed by atoms with Crippen LogP contribution < -0.4 is 14.8 Å². The van der Waals surface area contributed by atoms with Crippen LogP contribution in [0.15, 0.2) is 36.4 Å². The van der Waals surface area contributed by atoms with Crippen LogP contribution in [0.2, 0.25) is 0 Å². The molecule has 4 heteroatoms. The third-order valence-corrected chi connectivity index (χ3v) is 4.69. The van der Waals surface area contributed by atoms with Crippen LogP contribution in [0.25, 0.3) is 0 Å². The van der Waals surface area contributed by atoms with Crippen LogP contribution in [0.3, 0.4) is 0 Å². The highest BCUT2D eigenvalue weighted by molar-refractivity contribution is 5.58. The van der Waals surface area contributed by atoms with Crippen LogP contribution in [0.5, 0.6) is 11.5 Å². The number of rotatable bonds is 2. The molecule has 1 unspecified atom stereocenters. The monoisotopic (exact) mass is 297 g/mol. The Bertz CT molecular complexity index is 728. The standard InChI is InChI=1S/C18H19NO3/c1-20-16-8-7-15-13(17(16)21-2)10-22-18(15)11-19-9-12-5-3-4-6-14(12)18/h3-8,19H,9-11H2,1-2H3. The third-order valence-electron chi connectivity index (χ3n) is 4.69. The SMILES string of the molecule is COc1ccc2c(c1OC)COC21CNCc2ccccc21. The van der Waals surface area contributed by atoms with Gasteiger partial charge in [0.15, 0.2) is 11.5 Å². The first-order chi connectivity index (χ1) is 10.8. The van der Waals surface area contributed by atoms with Crippen molar-refractivity contribution >= 4 is 0 Å². The van der Waals surface area contributed by atoms with Crippen LogP contribution in [0.4, 0.5) is 0 Å². The Morgan fingerprint density at radius 3 is 2.73 bits per heavy atom. The van der Waals surface area contributed by atoms with Gasteiger partial charge < -0.3 is 19.5 Å². The van der Waals surface area contributed by atoms with Crippen molar-refractivity contribution < 1.29 is 14.2 Å². The summed E-state index contributed by atoms with van der Waals surface area (Å²) in [6.45, 7) is 2.18. The van der Waals surface area contributed by atoms with Crippen LogP contribution in [-0.4, -0.2) is 20.8 Å². The maximum absolute atomic E-state index is 6.32. The van der Waals surface area contributed by atoms with Gasteiger partial charge in [0.1, 0.15) is 5.60 Å². The van der Waals surface area contributed by atoms with Gasteiger partial charge in [-0.15, -0.1) is 0 Å². The van der Waals surface area contributed by atoms with Gasteiger partial charge in [-0.2, -0.15) is 0 Å². The summed E-state index contributed by atoms with van der Waals surface area (Å²) in [5.74, 6) is 1.53. The lowest BCUT2D eigenvalue weighted by atomic mass is 9.80. The molecule has 1 atom stereocenters. The molecule has 2 aliphatic rings. The average Bonchev–Trinajstić information content (AvgIpc) is 2.94. The predicted molar refractivity (Wildman–Crippen MR) is 83.3 cm³/mol. The van der Waals surface area contributed by atoms with E-state index >= 15 is 0 Å². The molecule has 2 heterocycles. The minimum Gasteiger partial charge on any atom is -0.493 e. The first-order valence-corrected chi connectivity index (χ1v) is 7.47. The summed E-state index contributed by atoms with van der Waals surface area (Å²) in [4.78, 5) is 0. The van der Waals surface area contributed by atoms with E-state index < -0.39 is 5.60 Å². The lowest BCUT2D eigenvalue weighted by molar-refractivity contribution is -0.0100. The van der Waals surface area contributed by atoms with Gasteiger partial charge in [0.05, 0.1) is 20.8 Å². The van der Waals surface area contributed by atoms with Crippen LogP contribution in [-0.2, 0) is 23.5 Å². The normalized spacial score (nSPS) is 22.3. The average molecular weight is 297 g/mol. The first kappa shape index (κ1) is 13.6. The fraction of sp³-hybridized carbons (Fsp3) is 0.333. The fourth-order valence-corrected chi connectivity index (χ4v) is 3.69. The molecule has 1 N–H and O–H groups in total. The Labute approximate surface area is 130 Å². The van der Waals surface area contributed by atoms with Gasteiger partial charge in [-0.05, 0) is 22.8 Å². The molecule has 2 aromatic carbocycles. The van der Waals surface area contributed by atoms with Crippen LogP contribution >= 0.6 is 0 Å². The van der Waals surface area contributed by atoms with Crippen LogP contribution in [0.1, 0.15) is 22.3 Å². The van der Waals surface area contributed by atoms with Crippen molar-refractivity contribution in [3.63, 3.8) is 0 Å². The van der Waals surface area contributed by atoms with Crippen molar-refractivity contribution in [2.24, 2.45) is 0 Å². The number of hydrogen-bond donors (Lipinski definition) is 1. The van der Waals surface area contributed by atoms with Gasteiger partial charge in [0.25, 0.3) is 0 Å². The highest BCUT2D eigenvalue weighted by Gasteiger charge is 2.46. The van der Waals surface area contributed by atoms with E-state index in [2.05, 4.69) is 35.6 Å². The zero-order valence-corrected chi connectivity index (χ0v) is 12.8. The minimum atomic E-state index is -0.427. The van der Waals surface area contributed by atoms with E-state index in [0.717, 1.165) is 30.2 Å². The maximum atomic E-state index is 6.32. The van der Waals surface area contributed by atoms with E-state index in [4.69, 9.17) is 14.2 Å². The highest BCUT2D eigenvalue weighted by Crippen LogP contribution is 2.49. The largest absolute Gasteiger partial charge is 0.493 e. The lowest BCUT2D eigenvalue weighted by Crippen LogP contribution is -2.43. The van der Waals surface area contributed by atoms with Crippen molar-refractivity contribution in [1.29, 1.82) is 0 Å². The Kier molecular flexibility index (Phi) is 3.10. The molecular weight excluding hydrogens is 278 g/mol. The van der Waals surface area contributed by atoms with Gasteiger partial charge in [-0.3, -0.25) is 0 Å².